The lowest BCUT2D eigenvalue weighted by Gasteiger charge is -2.18. The van der Waals surface area contributed by atoms with E-state index in [0.29, 0.717) is 24.6 Å². The first-order valence-electron chi connectivity index (χ1n) is 10.2. The van der Waals surface area contributed by atoms with Crippen molar-refractivity contribution in [1.29, 1.82) is 0 Å². The Labute approximate surface area is 179 Å². The number of ether oxygens (including phenoxy) is 1. The number of rotatable bonds is 5. The summed E-state index contributed by atoms with van der Waals surface area (Å²) in [7, 11) is 1.62. The van der Waals surface area contributed by atoms with Crippen molar-refractivity contribution < 1.29 is 13.9 Å². The van der Waals surface area contributed by atoms with Crippen molar-refractivity contribution in [2.75, 3.05) is 20.2 Å². The maximum absolute atomic E-state index is 13.2. The molecule has 0 unspecified atom stereocenters. The van der Waals surface area contributed by atoms with Gasteiger partial charge in [0.2, 0.25) is 5.91 Å². The van der Waals surface area contributed by atoms with Gasteiger partial charge in [0, 0.05) is 31.0 Å². The van der Waals surface area contributed by atoms with Gasteiger partial charge in [-0.05, 0) is 42.3 Å². The summed E-state index contributed by atoms with van der Waals surface area (Å²) >= 11 is 0. The Balaban J connectivity index is 1.62. The maximum Gasteiger partial charge on any atom is 0.251 e. The van der Waals surface area contributed by atoms with Crippen LogP contribution in [0.3, 0.4) is 0 Å². The number of halogens is 1. The molecule has 4 rings (SSSR count). The van der Waals surface area contributed by atoms with E-state index in [4.69, 9.17) is 4.74 Å². The van der Waals surface area contributed by atoms with Crippen LogP contribution in [0, 0.1) is 12.7 Å². The Morgan fingerprint density at radius 2 is 1.81 bits per heavy atom. The summed E-state index contributed by atoms with van der Waals surface area (Å²) in [6.07, 6.45) is 0.199. The Morgan fingerprint density at radius 1 is 1.13 bits per heavy atom. The van der Waals surface area contributed by atoms with Gasteiger partial charge in [-0.1, -0.05) is 24.3 Å². The minimum atomic E-state index is -0.326. The number of H-pyrrole nitrogens is 1. The molecule has 0 saturated carbocycles. The van der Waals surface area contributed by atoms with E-state index in [1.807, 2.05) is 24.3 Å². The minimum absolute atomic E-state index is 0.00299. The van der Waals surface area contributed by atoms with Crippen molar-refractivity contribution >= 4 is 5.91 Å². The van der Waals surface area contributed by atoms with E-state index in [1.165, 1.54) is 18.2 Å². The lowest BCUT2D eigenvalue weighted by Crippen LogP contribution is -2.30. The first-order valence-corrected chi connectivity index (χ1v) is 10.2. The van der Waals surface area contributed by atoms with Gasteiger partial charge in [0.15, 0.2) is 0 Å². The van der Waals surface area contributed by atoms with Crippen LogP contribution in [-0.4, -0.2) is 41.0 Å². The van der Waals surface area contributed by atoms with E-state index < -0.39 is 0 Å². The van der Waals surface area contributed by atoms with Crippen molar-refractivity contribution in [1.82, 2.24) is 14.9 Å². The summed E-state index contributed by atoms with van der Waals surface area (Å²) in [6, 6.07) is 15.3. The van der Waals surface area contributed by atoms with Crippen LogP contribution < -0.4 is 10.3 Å². The quantitative estimate of drug-likeness (QED) is 0.687. The van der Waals surface area contributed by atoms with Crippen molar-refractivity contribution in [3.63, 3.8) is 0 Å². The molecule has 6 nitrogen and oxygen atoms in total. The molecule has 1 fully saturated rings. The number of nitrogens with zero attached hydrogens (tertiary/aromatic N) is 2. The zero-order chi connectivity index (χ0) is 22.0. The Morgan fingerprint density at radius 3 is 2.45 bits per heavy atom. The van der Waals surface area contributed by atoms with Crippen LogP contribution in [-0.2, 0) is 11.2 Å². The van der Waals surface area contributed by atoms with Crippen LogP contribution in [0.15, 0.2) is 59.4 Å². The predicted octanol–water partition coefficient (Wildman–Crippen LogP) is 3.18. The monoisotopic (exact) mass is 421 g/mol. The van der Waals surface area contributed by atoms with Gasteiger partial charge in [-0.2, -0.15) is 0 Å². The number of nitrogens with one attached hydrogen (secondary N) is 1. The van der Waals surface area contributed by atoms with Crippen LogP contribution >= 0.6 is 0 Å². The largest absolute Gasteiger partial charge is 0.497 e. The third-order valence-corrected chi connectivity index (χ3v) is 5.74. The van der Waals surface area contributed by atoms with E-state index in [2.05, 4.69) is 9.97 Å². The molecule has 160 valence electrons. The second kappa shape index (κ2) is 8.71. The van der Waals surface area contributed by atoms with Gasteiger partial charge in [0.05, 0.1) is 19.2 Å². The average Bonchev–Trinajstić information content (AvgIpc) is 3.20. The third-order valence-electron chi connectivity index (χ3n) is 5.74. The molecular formula is C24H24FN3O3. The van der Waals surface area contributed by atoms with Gasteiger partial charge in [-0.15, -0.1) is 0 Å². The first kappa shape index (κ1) is 20.8. The van der Waals surface area contributed by atoms with Crippen LogP contribution in [0.2, 0.25) is 0 Å². The van der Waals surface area contributed by atoms with Gasteiger partial charge in [0.1, 0.15) is 17.4 Å². The van der Waals surface area contributed by atoms with Gasteiger partial charge < -0.3 is 14.6 Å². The summed E-state index contributed by atoms with van der Waals surface area (Å²) in [5.74, 6) is 0.838. The number of hydrogen-bond donors (Lipinski definition) is 1. The number of likely N-dealkylation sites (tertiary alicyclic amines) is 1. The molecule has 1 amide bonds. The second-order valence-corrected chi connectivity index (χ2v) is 7.84. The number of carbonyl (C=O) groups is 1. The normalized spacial score (nSPS) is 18.2. The number of aryl methyl sites for hydroxylation is 1. The van der Waals surface area contributed by atoms with Gasteiger partial charge >= 0.3 is 0 Å². The van der Waals surface area contributed by atoms with E-state index in [0.717, 1.165) is 16.9 Å². The van der Waals surface area contributed by atoms with Crippen molar-refractivity contribution in [2.24, 2.45) is 0 Å². The SMILES string of the molecule is COc1ccc([C@@H]2CN(C(=O)Cc3ccc(F)cc3)C[C@H]2c2cc(=O)[nH]c(C)n2)cc1. The fraction of sp³-hybridized carbons (Fsp3) is 0.292. The molecule has 1 aliphatic heterocycles. The molecule has 2 aromatic carbocycles. The molecule has 0 aliphatic carbocycles. The lowest BCUT2D eigenvalue weighted by atomic mass is 9.86. The third kappa shape index (κ3) is 4.66. The van der Waals surface area contributed by atoms with Crippen LogP contribution in [0.5, 0.6) is 5.75 Å². The molecule has 3 aromatic rings. The molecular weight excluding hydrogens is 397 g/mol. The second-order valence-electron chi connectivity index (χ2n) is 7.84. The predicted molar refractivity (Wildman–Crippen MR) is 115 cm³/mol. The summed E-state index contributed by atoms with van der Waals surface area (Å²) in [4.78, 5) is 34.1. The molecule has 0 bridgehead atoms. The Kier molecular flexibility index (Phi) is 5.84. The summed E-state index contributed by atoms with van der Waals surface area (Å²) in [6.45, 7) is 2.73. The Bertz CT molecular complexity index is 1130. The number of aromatic amines is 1. The zero-order valence-corrected chi connectivity index (χ0v) is 17.5. The maximum atomic E-state index is 13.2. The zero-order valence-electron chi connectivity index (χ0n) is 17.5. The average molecular weight is 421 g/mol. The van der Waals surface area contributed by atoms with E-state index >= 15 is 0 Å². The molecule has 1 aliphatic rings. The summed E-state index contributed by atoms with van der Waals surface area (Å²) in [5, 5.41) is 0. The summed E-state index contributed by atoms with van der Waals surface area (Å²) < 4.78 is 18.4. The van der Waals surface area contributed by atoms with Crippen molar-refractivity contribution in [3.05, 3.63) is 93.4 Å². The van der Waals surface area contributed by atoms with Crippen molar-refractivity contribution in [2.45, 2.75) is 25.2 Å². The van der Waals surface area contributed by atoms with E-state index in [9.17, 15) is 14.0 Å². The molecule has 7 heteroatoms. The molecule has 1 saturated heterocycles. The van der Waals surface area contributed by atoms with E-state index in [1.54, 1.807) is 31.1 Å². The molecule has 2 atom stereocenters. The number of methoxy groups -OCH3 is 1. The number of carbonyl (C=O) groups excluding carboxylic acids is 1. The molecule has 2 heterocycles. The fourth-order valence-electron chi connectivity index (χ4n) is 4.18. The highest BCUT2D eigenvalue weighted by Gasteiger charge is 2.38. The molecule has 1 N–H and O–H groups in total. The van der Waals surface area contributed by atoms with E-state index in [-0.39, 0.29) is 35.5 Å². The fourth-order valence-corrected chi connectivity index (χ4v) is 4.18. The van der Waals surface area contributed by atoms with Crippen LogP contribution in [0.4, 0.5) is 4.39 Å². The van der Waals surface area contributed by atoms with Gasteiger partial charge in [-0.3, -0.25) is 9.59 Å². The molecule has 0 spiro atoms. The topological polar surface area (TPSA) is 75.3 Å². The molecule has 0 radical (unpaired) electrons. The number of amides is 1. The molecule has 31 heavy (non-hydrogen) atoms. The first-order chi connectivity index (χ1) is 14.9. The van der Waals surface area contributed by atoms with Gasteiger partial charge in [-0.25, -0.2) is 9.37 Å². The number of benzene rings is 2. The summed E-state index contributed by atoms with van der Waals surface area (Å²) in [5.41, 5.74) is 2.30. The standard InChI is InChI=1S/C24H24FN3O3/c1-15-26-22(12-23(29)27-15)21-14-28(24(30)11-16-3-7-18(25)8-4-16)13-20(21)17-5-9-19(31-2)10-6-17/h3-10,12,20-21H,11,13-14H2,1-2H3,(H,26,27,29)/t20-,21+/m0/s1. The number of hydrogen-bond acceptors (Lipinski definition) is 4. The Hall–Kier alpha value is -3.48. The lowest BCUT2D eigenvalue weighted by molar-refractivity contribution is -0.129. The van der Waals surface area contributed by atoms with Gasteiger partial charge in [0.25, 0.3) is 5.56 Å². The number of aromatic nitrogens is 2. The van der Waals surface area contributed by atoms with Crippen LogP contribution in [0.25, 0.3) is 0 Å². The molecule has 1 aromatic heterocycles. The highest BCUT2D eigenvalue weighted by molar-refractivity contribution is 5.79. The highest BCUT2D eigenvalue weighted by Crippen LogP contribution is 2.39. The van der Waals surface area contributed by atoms with Crippen molar-refractivity contribution in [3.8, 4) is 5.75 Å². The minimum Gasteiger partial charge on any atom is -0.497 e. The van der Waals surface area contributed by atoms with Crippen LogP contribution in [0.1, 0.15) is 34.5 Å². The highest BCUT2D eigenvalue weighted by atomic mass is 19.1. The smallest absolute Gasteiger partial charge is 0.251 e.